The average Bonchev–Trinajstić information content (AvgIpc) is 2.31. The van der Waals surface area contributed by atoms with Gasteiger partial charge in [0.1, 0.15) is 6.23 Å². The molecule has 0 fully saturated rings. The molecular weight excluding hydrogens is 198 g/mol. The van der Waals surface area contributed by atoms with E-state index in [0.717, 1.165) is 17.5 Å². The first-order chi connectivity index (χ1) is 7.77. The quantitative estimate of drug-likeness (QED) is 0.768. The van der Waals surface area contributed by atoms with E-state index in [1.807, 2.05) is 42.5 Å². The molecule has 0 bridgehead atoms. The van der Waals surface area contributed by atoms with Gasteiger partial charge in [-0.15, -0.1) is 0 Å². The van der Waals surface area contributed by atoms with Crippen molar-refractivity contribution in [2.75, 3.05) is 0 Å². The summed E-state index contributed by atoms with van der Waals surface area (Å²) in [5, 5.41) is 9.46. The van der Waals surface area contributed by atoms with Gasteiger partial charge >= 0.3 is 0 Å². The van der Waals surface area contributed by atoms with Crippen LogP contribution in [0.4, 0.5) is 0 Å². The summed E-state index contributed by atoms with van der Waals surface area (Å²) in [6, 6.07) is 17.9. The highest BCUT2D eigenvalue weighted by Crippen LogP contribution is 2.17. The summed E-state index contributed by atoms with van der Waals surface area (Å²) >= 11 is 0. The first-order valence-corrected chi connectivity index (χ1v) is 5.33. The third kappa shape index (κ3) is 2.48. The van der Waals surface area contributed by atoms with E-state index < -0.39 is 6.23 Å². The molecule has 0 aliphatic rings. The normalized spacial score (nSPS) is 12.4. The van der Waals surface area contributed by atoms with Gasteiger partial charge in [-0.1, -0.05) is 54.6 Å². The zero-order valence-electron chi connectivity index (χ0n) is 9.01. The van der Waals surface area contributed by atoms with Crippen LogP contribution in [0.2, 0.25) is 0 Å². The highest BCUT2D eigenvalue weighted by Gasteiger charge is 2.07. The Bertz CT molecular complexity index is 451. The van der Waals surface area contributed by atoms with Gasteiger partial charge in [-0.05, 0) is 23.1 Å². The predicted octanol–water partition coefficient (Wildman–Crippen LogP) is 2.23. The number of benzene rings is 2. The van der Waals surface area contributed by atoms with Gasteiger partial charge in [0.15, 0.2) is 0 Å². The molecule has 2 nitrogen and oxygen atoms in total. The molecule has 0 aromatic heterocycles. The van der Waals surface area contributed by atoms with Crippen LogP contribution in [0.1, 0.15) is 22.9 Å². The van der Waals surface area contributed by atoms with E-state index in [-0.39, 0.29) is 0 Å². The van der Waals surface area contributed by atoms with Crippen LogP contribution in [-0.2, 0) is 6.42 Å². The molecule has 16 heavy (non-hydrogen) atoms. The summed E-state index contributed by atoms with van der Waals surface area (Å²) in [5.74, 6) is 0. The van der Waals surface area contributed by atoms with E-state index in [4.69, 9.17) is 5.73 Å². The van der Waals surface area contributed by atoms with Crippen molar-refractivity contribution in [1.29, 1.82) is 0 Å². The molecule has 0 saturated carbocycles. The second-order valence-corrected chi connectivity index (χ2v) is 3.81. The minimum Gasteiger partial charge on any atom is -0.375 e. The summed E-state index contributed by atoms with van der Waals surface area (Å²) in [6.07, 6.45) is -0.106. The maximum Gasteiger partial charge on any atom is 0.128 e. The molecule has 2 aromatic rings. The molecule has 0 saturated heterocycles. The molecule has 2 rings (SSSR count). The molecule has 1 atom stereocenters. The molecular formula is C14H15NO. The van der Waals surface area contributed by atoms with Gasteiger partial charge in [-0.2, -0.15) is 0 Å². The number of nitrogens with two attached hydrogens (primary N) is 1. The SMILES string of the molecule is NC(O)c1ccccc1Cc1ccccc1. The number of aliphatic hydroxyl groups excluding tert-OH is 1. The van der Waals surface area contributed by atoms with Crippen molar-refractivity contribution in [3.63, 3.8) is 0 Å². The van der Waals surface area contributed by atoms with Crippen molar-refractivity contribution in [3.05, 3.63) is 71.3 Å². The maximum absolute atomic E-state index is 9.46. The van der Waals surface area contributed by atoms with E-state index in [2.05, 4.69) is 12.1 Å². The van der Waals surface area contributed by atoms with Crippen molar-refractivity contribution in [1.82, 2.24) is 0 Å². The third-order valence-corrected chi connectivity index (χ3v) is 2.61. The molecule has 3 N–H and O–H groups in total. The molecule has 0 spiro atoms. The largest absolute Gasteiger partial charge is 0.375 e. The summed E-state index contributed by atoms with van der Waals surface area (Å²) in [6.45, 7) is 0. The zero-order chi connectivity index (χ0) is 11.4. The zero-order valence-corrected chi connectivity index (χ0v) is 9.01. The third-order valence-electron chi connectivity index (χ3n) is 2.61. The summed E-state index contributed by atoms with van der Waals surface area (Å²) in [5.41, 5.74) is 8.61. The molecule has 2 aromatic carbocycles. The molecule has 0 aliphatic carbocycles. The Morgan fingerprint density at radius 3 is 2.25 bits per heavy atom. The fraction of sp³-hybridized carbons (Fsp3) is 0.143. The van der Waals surface area contributed by atoms with E-state index in [0.29, 0.717) is 0 Å². The molecule has 1 unspecified atom stereocenters. The molecule has 0 aliphatic heterocycles. The van der Waals surface area contributed by atoms with Crippen LogP contribution in [0.15, 0.2) is 54.6 Å². The van der Waals surface area contributed by atoms with E-state index in [1.54, 1.807) is 0 Å². The van der Waals surface area contributed by atoms with Crippen molar-refractivity contribution < 1.29 is 5.11 Å². The van der Waals surface area contributed by atoms with Crippen LogP contribution in [0.5, 0.6) is 0 Å². The Kier molecular flexibility index (Phi) is 3.34. The standard InChI is InChI=1S/C14H15NO/c15-14(16)13-9-5-4-8-12(13)10-11-6-2-1-3-7-11/h1-9,14,16H,10,15H2. The maximum atomic E-state index is 9.46. The first-order valence-electron chi connectivity index (χ1n) is 5.33. The predicted molar refractivity (Wildman–Crippen MR) is 64.8 cm³/mol. The van der Waals surface area contributed by atoms with Gasteiger partial charge in [0.05, 0.1) is 0 Å². The highest BCUT2D eigenvalue weighted by atomic mass is 16.3. The lowest BCUT2D eigenvalue weighted by molar-refractivity contribution is 0.185. The Morgan fingerprint density at radius 1 is 0.938 bits per heavy atom. The fourth-order valence-electron chi connectivity index (χ4n) is 1.80. The van der Waals surface area contributed by atoms with Gasteiger partial charge in [0.2, 0.25) is 0 Å². The number of rotatable bonds is 3. The highest BCUT2D eigenvalue weighted by molar-refractivity contribution is 5.33. The van der Waals surface area contributed by atoms with Crippen molar-refractivity contribution in [2.24, 2.45) is 5.73 Å². The Balaban J connectivity index is 2.28. The smallest absolute Gasteiger partial charge is 0.128 e. The second-order valence-electron chi connectivity index (χ2n) is 3.81. The van der Waals surface area contributed by atoms with Gasteiger partial charge in [-0.25, -0.2) is 0 Å². The minimum absolute atomic E-state index is 0.797. The first kappa shape index (κ1) is 10.9. The molecule has 2 heteroatoms. The van der Waals surface area contributed by atoms with Gasteiger partial charge in [-0.3, -0.25) is 0 Å². The number of hydrogen-bond donors (Lipinski definition) is 2. The monoisotopic (exact) mass is 213 g/mol. The Hall–Kier alpha value is -1.64. The van der Waals surface area contributed by atoms with Crippen LogP contribution < -0.4 is 5.73 Å². The molecule has 82 valence electrons. The van der Waals surface area contributed by atoms with Crippen molar-refractivity contribution >= 4 is 0 Å². The van der Waals surface area contributed by atoms with Gasteiger partial charge in [0, 0.05) is 0 Å². The van der Waals surface area contributed by atoms with Crippen LogP contribution in [-0.4, -0.2) is 5.11 Å². The van der Waals surface area contributed by atoms with Crippen LogP contribution >= 0.6 is 0 Å². The van der Waals surface area contributed by atoms with Crippen LogP contribution in [0.25, 0.3) is 0 Å². The summed E-state index contributed by atoms with van der Waals surface area (Å²) < 4.78 is 0. The van der Waals surface area contributed by atoms with Crippen LogP contribution in [0.3, 0.4) is 0 Å². The lowest BCUT2D eigenvalue weighted by Crippen LogP contribution is -2.11. The molecule has 0 radical (unpaired) electrons. The summed E-state index contributed by atoms with van der Waals surface area (Å²) in [7, 11) is 0. The lowest BCUT2D eigenvalue weighted by atomic mass is 9.99. The fourth-order valence-corrected chi connectivity index (χ4v) is 1.80. The second kappa shape index (κ2) is 4.92. The van der Waals surface area contributed by atoms with E-state index in [9.17, 15) is 5.11 Å². The minimum atomic E-state index is -0.903. The Morgan fingerprint density at radius 2 is 1.56 bits per heavy atom. The van der Waals surface area contributed by atoms with Crippen LogP contribution in [0, 0.1) is 0 Å². The number of hydrogen-bond acceptors (Lipinski definition) is 2. The lowest BCUT2D eigenvalue weighted by Gasteiger charge is -2.11. The molecule has 0 heterocycles. The van der Waals surface area contributed by atoms with Gasteiger partial charge < -0.3 is 10.8 Å². The summed E-state index contributed by atoms with van der Waals surface area (Å²) in [4.78, 5) is 0. The van der Waals surface area contributed by atoms with Gasteiger partial charge in [0.25, 0.3) is 0 Å². The average molecular weight is 213 g/mol. The van der Waals surface area contributed by atoms with E-state index in [1.165, 1.54) is 5.56 Å². The van der Waals surface area contributed by atoms with E-state index >= 15 is 0 Å². The molecule has 0 amide bonds. The van der Waals surface area contributed by atoms with Crippen molar-refractivity contribution in [3.8, 4) is 0 Å². The number of aliphatic hydroxyl groups is 1. The van der Waals surface area contributed by atoms with Crippen molar-refractivity contribution in [2.45, 2.75) is 12.6 Å². The topological polar surface area (TPSA) is 46.2 Å². The Labute approximate surface area is 95.4 Å².